The van der Waals surface area contributed by atoms with Gasteiger partial charge in [-0.3, -0.25) is 0 Å². The summed E-state index contributed by atoms with van der Waals surface area (Å²) in [6.45, 7) is 6.51. The number of nitrogens with one attached hydrogen (secondary N) is 1. The number of aromatic amines is 1. The van der Waals surface area contributed by atoms with Gasteiger partial charge in [0.05, 0.1) is 5.56 Å². The monoisotopic (exact) mass is 376 g/mol. The molecule has 1 aliphatic heterocycles. The second-order valence-corrected chi connectivity index (χ2v) is 8.30. The lowest BCUT2D eigenvalue weighted by molar-refractivity contribution is 0.0697. The van der Waals surface area contributed by atoms with Crippen LogP contribution in [0.3, 0.4) is 0 Å². The van der Waals surface area contributed by atoms with Crippen LogP contribution in [0.2, 0.25) is 0 Å². The molecule has 1 fully saturated rings. The second kappa shape index (κ2) is 7.44. The minimum Gasteiger partial charge on any atom is -0.478 e. The molecular weight excluding hydrogens is 348 g/mol. The SMILES string of the molecule is Cc1cc(C)c2[nH]ccc2c1C[C@@H]1CCN(C)C[C@H]1c1ccc(C(=O)O)cc1. The number of nitrogens with zero attached hydrogens (tertiary/aromatic N) is 1. The van der Waals surface area contributed by atoms with E-state index in [1.54, 1.807) is 12.1 Å². The summed E-state index contributed by atoms with van der Waals surface area (Å²) in [6, 6.07) is 12.0. The Morgan fingerprint density at radius 3 is 2.64 bits per heavy atom. The molecule has 1 aliphatic rings. The molecule has 0 bridgehead atoms. The van der Waals surface area contributed by atoms with E-state index in [1.165, 1.54) is 33.2 Å². The van der Waals surface area contributed by atoms with E-state index >= 15 is 0 Å². The first-order valence-electron chi connectivity index (χ1n) is 10.0. The fourth-order valence-corrected chi connectivity index (χ4v) is 4.84. The van der Waals surface area contributed by atoms with E-state index in [1.807, 2.05) is 18.3 Å². The highest BCUT2D eigenvalue weighted by Crippen LogP contribution is 2.37. The lowest BCUT2D eigenvalue weighted by Gasteiger charge is -2.37. The van der Waals surface area contributed by atoms with Gasteiger partial charge >= 0.3 is 5.97 Å². The second-order valence-electron chi connectivity index (χ2n) is 8.30. The van der Waals surface area contributed by atoms with Crippen molar-refractivity contribution >= 4 is 16.9 Å². The molecule has 4 nitrogen and oxygen atoms in total. The number of aromatic carboxylic acids is 1. The van der Waals surface area contributed by atoms with Crippen LogP contribution in [0.5, 0.6) is 0 Å². The average Bonchev–Trinajstić information content (AvgIpc) is 3.16. The highest BCUT2D eigenvalue weighted by Gasteiger charge is 2.30. The van der Waals surface area contributed by atoms with Crippen molar-refractivity contribution in [3.05, 3.63) is 70.4 Å². The van der Waals surface area contributed by atoms with E-state index < -0.39 is 5.97 Å². The number of carboxylic acids is 1. The molecule has 0 spiro atoms. The molecular formula is C24H28N2O2. The van der Waals surface area contributed by atoms with Crippen LogP contribution in [0.15, 0.2) is 42.6 Å². The molecule has 146 valence electrons. The maximum atomic E-state index is 11.2. The molecule has 1 aromatic heterocycles. The standard InChI is InChI=1S/C24H28N2O2/c1-15-12-16(2)23-20(8-10-25-23)21(15)13-19-9-11-26(3)14-22(19)17-4-6-18(7-5-17)24(27)28/h4-8,10,12,19,22,25H,9,11,13-14H2,1-3H3,(H,27,28)/t19-,22-/m0/s1. The Morgan fingerprint density at radius 2 is 1.93 bits per heavy atom. The number of rotatable bonds is 4. The topological polar surface area (TPSA) is 56.3 Å². The highest BCUT2D eigenvalue weighted by atomic mass is 16.4. The van der Waals surface area contributed by atoms with Crippen molar-refractivity contribution in [2.24, 2.45) is 5.92 Å². The molecule has 0 radical (unpaired) electrons. The van der Waals surface area contributed by atoms with Gasteiger partial charge in [0.15, 0.2) is 0 Å². The third-order valence-corrected chi connectivity index (χ3v) is 6.39. The number of carboxylic acid groups (broad SMARTS) is 1. The minimum atomic E-state index is -0.867. The van der Waals surface area contributed by atoms with Crippen LogP contribution in [0.1, 0.15) is 45.0 Å². The van der Waals surface area contributed by atoms with Crippen molar-refractivity contribution in [1.82, 2.24) is 9.88 Å². The third kappa shape index (κ3) is 3.45. The Balaban J connectivity index is 1.67. The van der Waals surface area contributed by atoms with Gasteiger partial charge in [-0.1, -0.05) is 18.2 Å². The molecule has 2 N–H and O–H groups in total. The normalized spacial score (nSPS) is 20.5. The summed E-state index contributed by atoms with van der Waals surface area (Å²) in [5, 5.41) is 10.5. The van der Waals surface area contributed by atoms with E-state index in [0.29, 0.717) is 17.4 Å². The van der Waals surface area contributed by atoms with Crippen molar-refractivity contribution in [3.63, 3.8) is 0 Å². The van der Waals surface area contributed by atoms with Crippen LogP contribution in [-0.4, -0.2) is 41.1 Å². The predicted molar refractivity (Wildman–Crippen MR) is 113 cm³/mol. The number of aryl methyl sites for hydroxylation is 2. The summed E-state index contributed by atoms with van der Waals surface area (Å²) < 4.78 is 0. The zero-order valence-electron chi connectivity index (χ0n) is 16.8. The van der Waals surface area contributed by atoms with Gasteiger partial charge in [-0.2, -0.15) is 0 Å². The van der Waals surface area contributed by atoms with Crippen LogP contribution in [-0.2, 0) is 6.42 Å². The van der Waals surface area contributed by atoms with E-state index in [4.69, 9.17) is 0 Å². The molecule has 1 saturated heterocycles. The lowest BCUT2D eigenvalue weighted by Crippen LogP contribution is -2.37. The summed E-state index contributed by atoms with van der Waals surface area (Å²) >= 11 is 0. The third-order valence-electron chi connectivity index (χ3n) is 6.39. The maximum Gasteiger partial charge on any atom is 0.335 e. The average molecular weight is 377 g/mol. The maximum absolute atomic E-state index is 11.2. The molecule has 0 aliphatic carbocycles. The highest BCUT2D eigenvalue weighted by molar-refractivity contribution is 5.88. The van der Waals surface area contributed by atoms with Crippen molar-refractivity contribution in [3.8, 4) is 0 Å². The number of carbonyl (C=O) groups is 1. The van der Waals surface area contributed by atoms with Crippen LogP contribution in [0, 0.1) is 19.8 Å². The largest absolute Gasteiger partial charge is 0.478 e. The summed E-state index contributed by atoms with van der Waals surface area (Å²) in [7, 11) is 2.18. The molecule has 28 heavy (non-hydrogen) atoms. The summed E-state index contributed by atoms with van der Waals surface area (Å²) in [5.74, 6) is 0.0941. The summed E-state index contributed by atoms with van der Waals surface area (Å²) in [6.07, 6.45) is 4.25. The number of piperidine rings is 1. The first-order chi connectivity index (χ1) is 13.4. The van der Waals surface area contributed by atoms with Gasteiger partial charge in [0.1, 0.15) is 0 Å². The molecule has 0 saturated carbocycles. The number of likely N-dealkylation sites (tertiary alicyclic amines) is 1. The van der Waals surface area contributed by atoms with Gasteiger partial charge < -0.3 is 15.0 Å². The Hall–Kier alpha value is -2.59. The zero-order chi connectivity index (χ0) is 19.8. The van der Waals surface area contributed by atoms with Gasteiger partial charge in [0, 0.05) is 23.6 Å². The molecule has 0 unspecified atom stereocenters. The van der Waals surface area contributed by atoms with Crippen molar-refractivity contribution < 1.29 is 9.90 Å². The van der Waals surface area contributed by atoms with Crippen LogP contribution < -0.4 is 0 Å². The van der Waals surface area contributed by atoms with Crippen molar-refractivity contribution in [2.75, 3.05) is 20.1 Å². The Bertz CT molecular complexity index is 1000. The number of hydrogen-bond donors (Lipinski definition) is 2. The van der Waals surface area contributed by atoms with Gasteiger partial charge in [0.2, 0.25) is 0 Å². The van der Waals surface area contributed by atoms with Gasteiger partial charge in [-0.25, -0.2) is 4.79 Å². The lowest BCUT2D eigenvalue weighted by atomic mass is 9.76. The zero-order valence-corrected chi connectivity index (χ0v) is 16.8. The first-order valence-corrected chi connectivity index (χ1v) is 10.0. The summed E-state index contributed by atoms with van der Waals surface area (Å²) in [4.78, 5) is 17.0. The minimum absolute atomic E-state index is 0.355. The van der Waals surface area contributed by atoms with E-state index in [2.05, 4.69) is 42.9 Å². The molecule has 2 aromatic carbocycles. The molecule has 4 rings (SSSR count). The quantitative estimate of drug-likeness (QED) is 0.690. The van der Waals surface area contributed by atoms with Gasteiger partial charge in [0.25, 0.3) is 0 Å². The Kier molecular flexibility index (Phi) is 4.98. The number of aromatic nitrogens is 1. The van der Waals surface area contributed by atoms with E-state index in [0.717, 1.165) is 25.9 Å². The molecule has 2 atom stereocenters. The van der Waals surface area contributed by atoms with E-state index in [9.17, 15) is 9.90 Å². The molecule has 2 heterocycles. The van der Waals surface area contributed by atoms with Crippen molar-refractivity contribution in [1.29, 1.82) is 0 Å². The van der Waals surface area contributed by atoms with Crippen molar-refractivity contribution in [2.45, 2.75) is 32.6 Å². The number of hydrogen-bond acceptors (Lipinski definition) is 2. The predicted octanol–water partition coefficient (Wildman–Crippen LogP) is 4.76. The van der Waals surface area contributed by atoms with Crippen LogP contribution in [0.25, 0.3) is 10.9 Å². The number of benzene rings is 2. The fraction of sp³-hybridized carbons (Fsp3) is 0.375. The fourth-order valence-electron chi connectivity index (χ4n) is 4.84. The van der Waals surface area contributed by atoms with E-state index in [-0.39, 0.29) is 0 Å². The number of fused-ring (bicyclic) bond motifs is 1. The Labute approximate surface area is 166 Å². The first kappa shape index (κ1) is 18.8. The number of likely N-dealkylation sites (N-methyl/N-ethyl adjacent to an activating group) is 1. The smallest absolute Gasteiger partial charge is 0.335 e. The summed E-state index contributed by atoms with van der Waals surface area (Å²) in [5.41, 5.74) is 6.96. The van der Waals surface area contributed by atoms with Gasteiger partial charge in [-0.05, 0) is 92.6 Å². The van der Waals surface area contributed by atoms with Crippen LogP contribution >= 0.6 is 0 Å². The molecule has 0 amide bonds. The van der Waals surface area contributed by atoms with Crippen LogP contribution in [0.4, 0.5) is 0 Å². The number of H-pyrrole nitrogens is 1. The Morgan fingerprint density at radius 1 is 1.18 bits per heavy atom. The van der Waals surface area contributed by atoms with Gasteiger partial charge in [-0.15, -0.1) is 0 Å². The molecule has 4 heteroatoms. The molecule has 3 aromatic rings.